The van der Waals surface area contributed by atoms with Gasteiger partial charge in [-0.1, -0.05) is 6.07 Å². The average molecular weight is 385 g/mol. The molecule has 7 heteroatoms. The van der Waals surface area contributed by atoms with Crippen LogP contribution in [0.1, 0.15) is 55.4 Å². The van der Waals surface area contributed by atoms with Gasteiger partial charge in [-0.15, -0.1) is 11.6 Å². The molecule has 26 heavy (non-hydrogen) atoms. The summed E-state index contributed by atoms with van der Waals surface area (Å²) in [6, 6.07) is 4.36. The molecule has 0 radical (unpaired) electrons. The lowest BCUT2D eigenvalue weighted by Gasteiger charge is -2.26. The standard InChI is InChI=1S/C19H26ClFN2O3/c1-13(20)14-6-7-16(21)15(12-14)17(24)22-8-5-9-23(11-10-22)18(25)26-19(2,3)4/h6-7,12-13H,5,8-11H2,1-4H3/t13-/m1/s1. The maximum atomic E-state index is 14.2. The fourth-order valence-electron chi connectivity index (χ4n) is 2.75. The van der Waals surface area contributed by atoms with Gasteiger partial charge in [0.25, 0.3) is 5.91 Å². The Hall–Kier alpha value is -1.82. The van der Waals surface area contributed by atoms with E-state index in [1.54, 1.807) is 22.8 Å². The molecule has 0 saturated carbocycles. The van der Waals surface area contributed by atoms with E-state index in [4.69, 9.17) is 16.3 Å². The monoisotopic (exact) mass is 384 g/mol. The Balaban J connectivity index is 2.08. The van der Waals surface area contributed by atoms with Gasteiger partial charge in [0.15, 0.2) is 0 Å². The van der Waals surface area contributed by atoms with Crippen LogP contribution in [0.25, 0.3) is 0 Å². The Labute approximate surface area is 159 Å². The average Bonchev–Trinajstić information content (AvgIpc) is 2.79. The van der Waals surface area contributed by atoms with Crippen molar-refractivity contribution in [2.24, 2.45) is 0 Å². The molecule has 1 aromatic rings. The molecule has 0 N–H and O–H groups in total. The van der Waals surface area contributed by atoms with E-state index in [1.807, 2.05) is 20.8 Å². The highest BCUT2D eigenvalue weighted by atomic mass is 35.5. The first-order valence-electron chi connectivity index (χ1n) is 8.79. The van der Waals surface area contributed by atoms with E-state index in [0.29, 0.717) is 38.2 Å². The summed E-state index contributed by atoms with van der Waals surface area (Å²) in [6.07, 6.45) is 0.217. The van der Waals surface area contributed by atoms with Crippen molar-refractivity contribution in [1.82, 2.24) is 9.80 Å². The molecule has 0 aliphatic carbocycles. The molecule has 1 heterocycles. The fourth-order valence-corrected chi connectivity index (χ4v) is 2.89. The Morgan fingerprint density at radius 3 is 2.38 bits per heavy atom. The SMILES string of the molecule is C[C@@H](Cl)c1ccc(F)c(C(=O)N2CCCN(C(=O)OC(C)(C)C)CC2)c1. The second-order valence-electron chi connectivity index (χ2n) is 7.47. The second kappa shape index (κ2) is 8.25. The maximum absolute atomic E-state index is 14.2. The molecule has 1 aliphatic heterocycles. The topological polar surface area (TPSA) is 49.9 Å². The lowest BCUT2D eigenvalue weighted by Crippen LogP contribution is -2.40. The Morgan fingerprint density at radius 1 is 1.15 bits per heavy atom. The third kappa shape index (κ3) is 5.34. The van der Waals surface area contributed by atoms with E-state index < -0.39 is 17.5 Å². The smallest absolute Gasteiger partial charge is 0.410 e. The van der Waals surface area contributed by atoms with E-state index in [-0.39, 0.29) is 16.8 Å². The van der Waals surface area contributed by atoms with Gasteiger partial charge in [-0.05, 0) is 51.8 Å². The van der Waals surface area contributed by atoms with E-state index in [2.05, 4.69) is 0 Å². The molecule has 0 aromatic heterocycles. The third-order valence-corrected chi connectivity index (χ3v) is 4.37. The van der Waals surface area contributed by atoms with E-state index in [0.717, 1.165) is 0 Å². The van der Waals surface area contributed by atoms with Gasteiger partial charge >= 0.3 is 6.09 Å². The fraction of sp³-hybridized carbons (Fsp3) is 0.579. The van der Waals surface area contributed by atoms with Gasteiger partial charge in [-0.3, -0.25) is 4.79 Å². The van der Waals surface area contributed by atoms with Gasteiger partial charge in [0, 0.05) is 26.2 Å². The number of carbonyl (C=O) groups excluding carboxylic acids is 2. The highest BCUT2D eigenvalue weighted by Gasteiger charge is 2.27. The lowest BCUT2D eigenvalue weighted by molar-refractivity contribution is 0.0255. The lowest BCUT2D eigenvalue weighted by atomic mass is 10.1. The summed E-state index contributed by atoms with van der Waals surface area (Å²) >= 11 is 6.05. The largest absolute Gasteiger partial charge is 0.444 e. The molecule has 1 aliphatic rings. The van der Waals surface area contributed by atoms with E-state index in [9.17, 15) is 14.0 Å². The van der Waals surface area contributed by atoms with Crippen molar-refractivity contribution >= 4 is 23.6 Å². The predicted octanol–water partition coefficient (Wildman–Crippen LogP) is 4.21. The molecule has 0 bridgehead atoms. The van der Waals surface area contributed by atoms with Crippen LogP contribution in [-0.4, -0.2) is 53.6 Å². The van der Waals surface area contributed by atoms with Crippen LogP contribution in [0.4, 0.5) is 9.18 Å². The highest BCUT2D eigenvalue weighted by molar-refractivity contribution is 6.20. The number of hydrogen-bond acceptors (Lipinski definition) is 3. The Bertz CT molecular complexity index is 673. The number of alkyl halides is 1. The van der Waals surface area contributed by atoms with Gasteiger partial charge < -0.3 is 14.5 Å². The molecule has 5 nitrogen and oxygen atoms in total. The number of halogens is 2. The normalized spacial score (nSPS) is 16.8. The van der Waals surface area contributed by atoms with Crippen LogP contribution < -0.4 is 0 Å². The first-order chi connectivity index (χ1) is 12.1. The number of amides is 2. The van der Waals surface area contributed by atoms with Crippen LogP contribution >= 0.6 is 11.6 Å². The zero-order valence-corrected chi connectivity index (χ0v) is 16.5. The van der Waals surface area contributed by atoms with Crippen LogP contribution in [0.2, 0.25) is 0 Å². The molecular weight excluding hydrogens is 359 g/mol. The van der Waals surface area contributed by atoms with Crippen molar-refractivity contribution < 1.29 is 18.7 Å². The predicted molar refractivity (Wildman–Crippen MR) is 99.0 cm³/mol. The van der Waals surface area contributed by atoms with Crippen molar-refractivity contribution in [3.63, 3.8) is 0 Å². The molecule has 1 fully saturated rings. The van der Waals surface area contributed by atoms with Crippen molar-refractivity contribution in [2.75, 3.05) is 26.2 Å². The molecule has 1 aromatic carbocycles. The number of carbonyl (C=O) groups is 2. The molecule has 0 unspecified atom stereocenters. The summed E-state index contributed by atoms with van der Waals surface area (Å²) in [5, 5.41) is -0.311. The van der Waals surface area contributed by atoms with Crippen LogP contribution in [0.5, 0.6) is 0 Å². The van der Waals surface area contributed by atoms with Gasteiger partial charge in [-0.25, -0.2) is 9.18 Å². The summed E-state index contributed by atoms with van der Waals surface area (Å²) in [4.78, 5) is 28.1. The van der Waals surface area contributed by atoms with Crippen LogP contribution in [-0.2, 0) is 4.74 Å². The minimum absolute atomic E-state index is 0.0146. The summed E-state index contributed by atoms with van der Waals surface area (Å²) in [6.45, 7) is 8.85. The summed E-state index contributed by atoms with van der Waals surface area (Å²) < 4.78 is 19.5. The van der Waals surface area contributed by atoms with Crippen LogP contribution in [0, 0.1) is 5.82 Å². The van der Waals surface area contributed by atoms with Gasteiger partial charge in [-0.2, -0.15) is 0 Å². The number of benzene rings is 1. The number of nitrogens with zero attached hydrogens (tertiary/aromatic N) is 2. The first-order valence-corrected chi connectivity index (χ1v) is 9.23. The molecular formula is C19H26ClFN2O3. The highest BCUT2D eigenvalue weighted by Crippen LogP contribution is 2.23. The molecule has 1 atom stereocenters. The molecule has 1 saturated heterocycles. The molecule has 144 valence electrons. The number of hydrogen-bond donors (Lipinski definition) is 0. The zero-order valence-electron chi connectivity index (χ0n) is 15.7. The second-order valence-corrected chi connectivity index (χ2v) is 8.12. The molecule has 2 amide bonds. The van der Waals surface area contributed by atoms with Gasteiger partial charge in [0.1, 0.15) is 11.4 Å². The summed E-state index contributed by atoms with van der Waals surface area (Å²) in [5.41, 5.74) is 0.142. The Morgan fingerprint density at radius 2 is 1.77 bits per heavy atom. The summed E-state index contributed by atoms with van der Waals surface area (Å²) in [5.74, 6) is -0.947. The van der Waals surface area contributed by atoms with Crippen molar-refractivity contribution in [3.05, 3.63) is 35.1 Å². The molecule has 2 rings (SSSR count). The van der Waals surface area contributed by atoms with Gasteiger partial charge in [0.05, 0.1) is 10.9 Å². The van der Waals surface area contributed by atoms with Gasteiger partial charge in [0.2, 0.25) is 0 Å². The summed E-state index contributed by atoms with van der Waals surface area (Å²) in [7, 11) is 0. The minimum atomic E-state index is -0.569. The van der Waals surface area contributed by atoms with Crippen LogP contribution in [0.15, 0.2) is 18.2 Å². The third-order valence-electron chi connectivity index (χ3n) is 4.11. The maximum Gasteiger partial charge on any atom is 0.410 e. The Kier molecular flexibility index (Phi) is 6.50. The van der Waals surface area contributed by atoms with E-state index in [1.165, 1.54) is 12.1 Å². The zero-order chi connectivity index (χ0) is 19.5. The quantitative estimate of drug-likeness (QED) is 0.718. The van der Waals surface area contributed by atoms with E-state index >= 15 is 0 Å². The van der Waals surface area contributed by atoms with Crippen molar-refractivity contribution in [2.45, 2.75) is 45.1 Å². The number of rotatable bonds is 2. The number of ether oxygens (including phenoxy) is 1. The first kappa shape index (κ1) is 20.5. The van der Waals surface area contributed by atoms with Crippen molar-refractivity contribution in [1.29, 1.82) is 0 Å². The molecule has 0 spiro atoms. The van der Waals surface area contributed by atoms with Crippen molar-refractivity contribution in [3.8, 4) is 0 Å². The minimum Gasteiger partial charge on any atom is -0.444 e. The van der Waals surface area contributed by atoms with Crippen LogP contribution in [0.3, 0.4) is 0 Å².